The lowest BCUT2D eigenvalue weighted by Gasteiger charge is -2.23. The number of nitrogens with one attached hydrogen (secondary N) is 1. The number of terminal acetylenes is 1. The van der Waals surface area contributed by atoms with E-state index in [9.17, 15) is 4.79 Å². The Balaban J connectivity index is 1.55. The van der Waals surface area contributed by atoms with E-state index in [1.54, 1.807) is 0 Å². The van der Waals surface area contributed by atoms with E-state index in [1.165, 1.54) is 13.0 Å². The highest BCUT2D eigenvalue weighted by molar-refractivity contribution is 5.95. The lowest BCUT2D eigenvalue weighted by Crippen LogP contribution is -2.43. The fourth-order valence-corrected chi connectivity index (χ4v) is 3.53. The summed E-state index contributed by atoms with van der Waals surface area (Å²) in [5, 5.41) is 3.18. The van der Waals surface area contributed by atoms with Gasteiger partial charge in [-0.1, -0.05) is 5.92 Å². The lowest BCUT2D eigenvalue weighted by atomic mass is 10.00. The molecule has 2 unspecified atom stereocenters. The van der Waals surface area contributed by atoms with Crippen molar-refractivity contribution in [1.82, 2.24) is 14.6 Å². The van der Waals surface area contributed by atoms with Crippen LogP contribution in [-0.4, -0.2) is 40.9 Å². The number of fused-ring (bicyclic) bond motifs is 3. The standard InChI is InChI=1S/C17H17N3O/c1-2-12-7-15-8-13(4-6-20(15)9-12)17(21)18-16-11-19-5-3-14(16)10-19/h1,4,6-9,14,16H,3,5,10-11H2,(H,18,21)/t14-,16?/m0/s1. The van der Waals surface area contributed by atoms with Gasteiger partial charge in [0.25, 0.3) is 5.91 Å². The molecule has 1 amide bonds. The van der Waals surface area contributed by atoms with Gasteiger partial charge in [0, 0.05) is 48.2 Å². The summed E-state index contributed by atoms with van der Waals surface area (Å²) in [6, 6.07) is 5.95. The van der Waals surface area contributed by atoms with Gasteiger partial charge in [-0.25, -0.2) is 0 Å². The van der Waals surface area contributed by atoms with Crippen molar-refractivity contribution in [2.75, 3.05) is 19.6 Å². The molecule has 106 valence electrons. The van der Waals surface area contributed by atoms with E-state index in [-0.39, 0.29) is 5.91 Å². The number of amides is 1. The van der Waals surface area contributed by atoms with Gasteiger partial charge >= 0.3 is 0 Å². The van der Waals surface area contributed by atoms with Crippen molar-refractivity contribution in [1.29, 1.82) is 0 Å². The Kier molecular flexibility index (Phi) is 2.76. The molecule has 0 spiro atoms. The van der Waals surface area contributed by atoms with Crippen LogP contribution in [0.1, 0.15) is 22.3 Å². The van der Waals surface area contributed by atoms with Gasteiger partial charge < -0.3 is 14.6 Å². The highest BCUT2D eigenvalue weighted by Crippen LogP contribution is 2.27. The van der Waals surface area contributed by atoms with E-state index < -0.39 is 0 Å². The second-order valence-corrected chi connectivity index (χ2v) is 6.01. The van der Waals surface area contributed by atoms with Gasteiger partial charge in [0.2, 0.25) is 0 Å². The number of carbonyl (C=O) groups excluding carboxylic acids is 1. The second-order valence-electron chi connectivity index (χ2n) is 6.01. The fraction of sp³-hybridized carbons (Fsp3) is 0.353. The second kappa shape index (κ2) is 4.64. The van der Waals surface area contributed by atoms with Crippen LogP contribution in [-0.2, 0) is 0 Å². The number of aromatic nitrogens is 1. The smallest absolute Gasteiger partial charge is 0.251 e. The molecule has 0 radical (unpaired) electrons. The Morgan fingerprint density at radius 2 is 2.29 bits per heavy atom. The number of pyridine rings is 1. The Bertz CT molecular complexity index is 755. The summed E-state index contributed by atoms with van der Waals surface area (Å²) in [7, 11) is 0. The molecule has 2 bridgehead atoms. The van der Waals surface area contributed by atoms with Crippen molar-refractivity contribution < 1.29 is 4.79 Å². The van der Waals surface area contributed by atoms with E-state index in [4.69, 9.17) is 6.42 Å². The number of hydrogen-bond donors (Lipinski definition) is 1. The third-order valence-corrected chi connectivity index (χ3v) is 4.68. The van der Waals surface area contributed by atoms with E-state index in [0.29, 0.717) is 17.5 Å². The maximum Gasteiger partial charge on any atom is 0.251 e. The molecule has 2 aliphatic rings. The summed E-state index contributed by atoms with van der Waals surface area (Å²) in [5.41, 5.74) is 2.47. The van der Waals surface area contributed by atoms with Crippen LogP contribution in [0.4, 0.5) is 0 Å². The van der Waals surface area contributed by atoms with Crippen LogP contribution in [0.5, 0.6) is 0 Å². The van der Waals surface area contributed by atoms with Gasteiger partial charge in [-0.2, -0.15) is 0 Å². The molecule has 2 aromatic rings. The Labute approximate surface area is 123 Å². The van der Waals surface area contributed by atoms with Gasteiger partial charge in [0.05, 0.1) is 0 Å². The minimum Gasteiger partial charge on any atom is -0.348 e. The van der Waals surface area contributed by atoms with Crippen molar-refractivity contribution >= 4 is 11.4 Å². The maximum absolute atomic E-state index is 12.4. The predicted molar refractivity (Wildman–Crippen MR) is 81.1 cm³/mol. The number of rotatable bonds is 2. The van der Waals surface area contributed by atoms with Crippen LogP contribution in [0.2, 0.25) is 0 Å². The van der Waals surface area contributed by atoms with Crippen LogP contribution in [0, 0.1) is 18.3 Å². The van der Waals surface area contributed by atoms with Gasteiger partial charge in [-0.15, -0.1) is 6.42 Å². The first-order valence-electron chi connectivity index (χ1n) is 7.34. The first kappa shape index (κ1) is 12.5. The summed E-state index contributed by atoms with van der Waals surface area (Å²) in [5.74, 6) is 3.25. The van der Waals surface area contributed by atoms with E-state index in [2.05, 4.69) is 16.1 Å². The normalized spacial score (nSPS) is 26.9. The van der Waals surface area contributed by atoms with Crippen LogP contribution in [0.25, 0.3) is 5.52 Å². The minimum atomic E-state index is 0.0136. The average Bonchev–Trinajstić information content (AvgIpc) is 3.20. The molecule has 4 nitrogen and oxygen atoms in total. The van der Waals surface area contributed by atoms with Crippen molar-refractivity contribution in [3.63, 3.8) is 0 Å². The molecule has 2 aliphatic heterocycles. The SMILES string of the molecule is C#Cc1cc2cc(C(=O)NC3CN4CC[C@H]3C4)ccn2c1. The highest BCUT2D eigenvalue weighted by atomic mass is 16.1. The van der Waals surface area contributed by atoms with Crippen LogP contribution >= 0.6 is 0 Å². The minimum absolute atomic E-state index is 0.0136. The van der Waals surface area contributed by atoms with Crippen LogP contribution < -0.4 is 5.32 Å². The van der Waals surface area contributed by atoms with Gasteiger partial charge in [-0.05, 0) is 37.1 Å². The maximum atomic E-state index is 12.4. The molecule has 4 rings (SSSR count). The van der Waals surface area contributed by atoms with Crippen LogP contribution in [0.3, 0.4) is 0 Å². The fourth-order valence-electron chi connectivity index (χ4n) is 3.53. The number of carbonyl (C=O) groups is 1. The third kappa shape index (κ3) is 2.10. The zero-order chi connectivity index (χ0) is 14.4. The quantitative estimate of drug-likeness (QED) is 0.843. The summed E-state index contributed by atoms with van der Waals surface area (Å²) in [4.78, 5) is 14.8. The Morgan fingerprint density at radius 3 is 3.00 bits per heavy atom. The van der Waals surface area contributed by atoms with Crippen molar-refractivity contribution in [3.8, 4) is 12.3 Å². The molecule has 1 N–H and O–H groups in total. The summed E-state index contributed by atoms with van der Waals surface area (Å²) >= 11 is 0. The highest BCUT2D eigenvalue weighted by Gasteiger charge is 2.38. The molecule has 4 heteroatoms. The zero-order valence-corrected chi connectivity index (χ0v) is 11.7. The molecular formula is C17H17N3O. The molecular weight excluding hydrogens is 262 g/mol. The molecule has 2 aromatic heterocycles. The third-order valence-electron chi connectivity index (χ3n) is 4.68. The largest absolute Gasteiger partial charge is 0.348 e. The molecule has 0 saturated carbocycles. The average molecular weight is 279 g/mol. The monoisotopic (exact) mass is 279 g/mol. The number of hydrogen-bond acceptors (Lipinski definition) is 2. The lowest BCUT2D eigenvalue weighted by molar-refractivity contribution is 0.0924. The summed E-state index contributed by atoms with van der Waals surface area (Å²) in [6.45, 7) is 3.31. The first-order chi connectivity index (χ1) is 10.2. The zero-order valence-electron chi connectivity index (χ0n) is 11.7. The summed E-state index contributed by atoms with van der Waals surface area (Å²) in [6.07, 6.45) is 10.4. The topological polar surface area (TPSA) is 36.8 Å². The molecule has 3 atom stereocenters. The molecule has 0 aliphatic carbocycles. The van der Waals surface area contributed by atoms with Crippen molar-refractivity contribution in [2.45, 2.75) is 12.5 Å². The van der Waals surface area contributed by atoms with Crippen molar-refractivity contribution in [2.24, 2.45) is 5.92 Å². The van der Waals surface area contributed by atoms with Gasteiger partial charge in [0.15, 0.2) is 0 Å². The number of nitrogens with zero attached hydrogens (tertiary/aromatic N) is 2. The molecule has 0 aromatic carbocycles. The Hall–Kier alpha value is -2.25. The number of piperidine rings is 1. The van der Waals surface area contributed by atoms with Gasteiger partial charge in [0.1, 0.15) is 0 Å². The first-order valence-corrected chi connectivity index (χ1v) is 7.34. The van der Waals surface area contributed by atoms with Crippen molar-refractivity contribution in [3.05, 3.63) is 41.7 Å². The predicted octanol–water partition coefficient (Wildman–Crippen LogP) is 1.35. The molecule has 4 heterocycles. The van der Waals surface area contributed by atoms with E-state index >= 15 is 0 Å². The molecule has 21 heavy (non-hydrogen) atoms. The summed E-state index contributed by atoms with van der Waals surface area (Å²) < 4.78 is 1.94. The van der Waals surface area contributed by atoms with E-state index in [1.807, 2.05) is 35.0 Å². The van der Waals surface area contributed by atoms with Gasteiger partial charge in [-0.3, -0.25) is 4.79 Å². The van der Waals surface area contributed by atoms with Crippen LogP contribution in [0.15, 0.2) is 30.6 Å². The molecule has 2 fully saturated rings. The Morgan fingerprint density at radius 1 is 1.38 bits per heavy atom. The van der Waals surface area contributed by atoms with E-state index in [0.717, 1.165) is 24.2 Å². The molecule has 2 saturated heterocycles.